The molecule has 1 aromatic heterocycles. The van der Waals surface area contributed by atoms with Gasteiger partial charge in [0.2, 0.25) is 11.8 Å². The molecule has 1 heterocycles. The molecule has 0 aliphatic carbocycles. The van der Waals surface area contributed by atoms with Crippen LogP contribution in [0.15, 0.2) is 65.2 Å². The standard InChI is InChI=1S/C22H22FN3O3/c23-18-8-4-5-16(13-18)14-21(28)25-12-11-24-20(27)9-10-22-26-15-19(29-22)17-6-2-1-3-7-17/h1-8,13,15H,9-12,14H2,(H,24,27)(H,25,28). The SMILES string of the molecule is O=C(CCc1ncc(-c2ccccc2)o1)NCCNC(=O)Cc1cccc(F)c1. The van der Waals surface area contributed by atoms with Gasteiger partial charge in [-0.1, -0.05) is 42.5 Å². The van der Waals surface area contributed by atoms with Crippen molar-refractivity contribution >= 4 is 11.8 Å². The Hall–Kier alpha value is -3.48. The number of hydrogen-bond acceptors (Lipinski definition) is 4. The largest absolute Gasteiger partial charge is 0.441 e. The van der Waals surface area contributed by atoms with Crippen molar-refractivity contribution < 1.29 is 18.4 Å². The van der Waals surface area contributed by atoms with Crippen molar-refractivity contribution in [3.05, 3.63) is 78.1 Å². The Morgan fingerprint density at radius 2 is 1.72 bits per heavy atom. The first-order valence-corrected chi connectivity index (χ1v) is 9.38. The molecule has 0 aliphatic heterocycles. The van der Waals surface area contributed by atoms with E-state index in [9.17, 15) is 14.0 Å². The molecule has 0 saturated heterocycles. The molecule has 0 unspecified atom stereocenters. The van der Waals surface area contributed by atoms with Crippen molar-refractivity contribution in [2.45, 2.75) is 19.3 Å². The van der Waals surface area contributed by atoms with E-state index < -0.39 is 0 Å². The second kappa shape index (κ2) is 10.2. The van der Waals surface area contributed by atoms with Crippen LogP contribution in [0.4, 0.5) is 4.39 Å². The smallest absolute Gasteiger partial charge is 0.224 e. The molecule has 0 fully saturated rings. The molecule has 0 atom stereocenters. The van der Waals surface area contributed by atoms with Crippen LogP contribution in [0.3, 0.4) is 0 Å². The summed E-state index contributed by atoms with van der Waals surface area (Å²) in [4.78, 5) is 28.0. The van der Waals surface area contributed by atoms with Gasteiger partial charge in [-0.2, -0.15) is 0 Å². The van der Waals surface area contributed by atoms with Gasteiger partial charge in [-0.05, 0) is 17.7 Å². The number of benzene rings is 2. The molecule has 0 radical (unpaired) electrons. The third-order valence-corrected chi connectivity index (χ3v) is 4.20. The highest BCUT2D eigenvalue weighted by Gasteiger charge is 2.09. The second-order valence-corrected chi connectivity index (χ2v) is 6.49. The number of halogens is 1. The van der Waals surface area contributed by atoms with Crippen LogP contribution in [0.2, 0.25) is 0 Å². The number of nitrogens with one attached hydrogen (secondary N) is 2. The van der Waals surface area contributed by atoms with E-state index >= 15 is 0 Å². The van der Waals surface area contributed by atoms with Crippen molar-refractivity contribution in [1.29, 1.82) is 0 Å². The van der Waals surface area contributed by atoms with E-state index in [-0.39, 0.29) is 30.5 Å². The maximum atomic E-state index is 13.1. The number of rotatable bonds is 9. The number of carbonyl (C=O) groups is 2. The van der Waals surface area contributed by atoms with E-state index in [0.717, 1.165) is 5.56 Å². The zero-order valence-corrected chi connectivity index (χ0v) is 15.9. The monoisotopic (exact) mass is 395 g/mol. The van der Waals surface area contributed by atoms with Crippen molar-refractivity contribution in [1.82, 2.24) is 15.6 Å². The quantitative estimate of drug-likeness (QED) is 0.546. The number of oxazole rings is 1. The van der Waals surface area contributed by atoms with Crippen LogP contribution in [0.25, 0.3) is 11.3 Å². The molecule has 2 N–H and O–H groups in total. The van der Waals surface area contributed by atoms with Crippen LogP contribution < -0.4 is 10.6 Å². The van der Waals surface area contributed by atoms with E-state index in [1.807, 2.05) is 30.3 Å². The van der Waals surface area contributed by atoms with Crippen molar-refractivity contribution in [2.24, 2.45) is 0 Å². The summed E-state index contributed by atoms with van der Waals surface area (Å²) in [7, 11) is 0. The normalized spacial score (nSPS) is 10.5. The van der Waals surface area contributed by atoms with Gasteiger partial charge in [0, 0.05) is 31.5 Å². The molecular weight excluding hydrogens is 373 g/mol. The van der Waals surface area contributed by atoms with Crippen LogP contribution in [-0.2, 0) is 22.4 Å². The van der Waals surface area contributed by atoms with Crippen molar-refractivity contribution in [3.63, 3.8) is 0 Å². The minimum atomic E-state index is -0.371. The zero-order chi connectivity index (χ0) is 20.5. The van der Waals surface area contributed by atoms with Crippen LogP contribution in [0.5, 0.6) is 0 Å². The summed E-state index contributed by atoms with van der Waals surface area (Å²) < 4.78 is 18.8. The molecule has 150 valence electrons. The number of amides is 2. The summed E-state index contributed by atoms with van der Waals surface area (Å²) in [6, 6.07) is 15.5. The molecule has 2 aromatic carbocycles. The number of carbonyl (C=O) groups excluding carboxylic acids is 2. The average molecular weight is 395 g/mol. The van der Waals surface area contributed by atoms with Gasteiger partial charge in [0.15, 0.2) is 11.7 Å². The highest BCUT2D eigenvalue weighted by Crippen LogP contribution is 2.20. The predicted molar refractivity (Wildman–Crippen MR) is 106 cm³/mol. The molecule has 0 saturated carbocycles. The fourth-order valence-electron chi connectivity index (χ4n) is 2.77. The Morgan fingerprint density at radius 1 is 0.966 bits per heavy atom. The summed E-state index contributed by atoms with van der Waals surface area (Å²) in [6.07, 6.45) is 2.38. The highest BCUT2D eigenvalue weighted by molar-refractivity contribution is 5.79. The molecule has 2 amide bonds. The maximum absolute atomic E-state index is 13.1. The van der Waals surface area contributed by atoms with Crippen LogP contribution in [-0.4, -0.2) is 29.9 Å². The lowest BCUT2D eigenvalue weighted by Crippen LogP contribution is -2.35. The molecule has 0 aliphatic rings. The van der Waals surface area contributed by atoms with Gasteiger partial charge in [0.25, 0.3) is 0 Å². The Morgan fingerprint density at radius 3 is 2.48 bits per heavy atom. The van der Waals surface area contributed by atoms with Crippen LogP contribution in [0.1, 0.15) is 17.9 Å². The molecule has 3 aromatic rings. The molecule has 0 bridgehead atoms. The Bertz CT molecular complexity index is 957. The molecule has 3 rings (SSSR count). The molecular formula is C22H22FN3O3. The van der Waals surface area contributed by atoms with E-state index in [1.165, 1.54) is 12.1 Å². The summed E-state index contributed by atoms with van der Waals surface area (Å²) in [5, 5.41) is 5.43. The van der Waals surface area contributed by atoms with E-state index in [1.54, 1.807) is 18.3 Å². The van der Waals surface area contributed by atoms with Crippen molar-refractivity contribution in [3.8, 4) is 11.3 Å². The molecule has 0 spiro atoms. The van der Waals surface area contributed by atoms with Gasteiger partial charge in [0.05, 0.1) is 12.6 Å². The second-order valence-electron chi connectivity index (χ2n) is 6.49. The van der Waals surface area contributed by atoms with Crippen LogP contribution >= 0.6 is 0 Å². The Kier molecular flexibility index (Phi) is 7.10. The van der Waals surface area contributed by atoms with Gasteiger partial charge in [-0.3, -0.25) is 9.59 Å². The summed E-state index contributed by atoms with van der Waals surface area (Å²) in [5.74, 6) is 0.427. The fraction of sp³-hybridized carbons (Fsp3) is 0.227. The number of hydrogen-bond donors (Lipinski definition) is 2. The first-order chi connectivity index (χ1) is 14.1. The zero-order valence-electron chi connectivity index (χ0n) is 15.9. The number of aromatic nitrogens is 1. The lowest BCUT2D eigenvalue weighted by atomic mass is 10.1. The van der Waals surface area contributed by atoms with Crippen LogP contribution in [0, 0.1) is 5.82 Å². The predicted octanol–water partition coefficient (Wildman–Crippen LogP) is 2.89. The van der Waals surface area contributed by atoms with E-state index in [4.69, 9.17) is 4.42 Å². The molecule has 7 heteroatoms. The minimum absolute atomic E-state index is 0.0968. The van der Waals surface area contributed by atoms with E-state index in [0.29, 0.717) is 36.7 Å². The third kappa shape index (κ3) is 6.57. The van der Waals surface area contributed by atoms with Gasteiger partial charge in [-0.15, -0.1) is 0 Å². The minimum Gasteiger partial charge on any atom is -0.441 e. The summed E-state index contributed by atoms with van der Waals surface area (Å²) >= 11 is 0. The lowest BCUT2D eigenvalue weighted by Gasteiger charge is -2.07. The fourth-order valence-corrected chi connectivity index (χ4v) is 2.77. The first kappa shape index (κ1) is 20.3. The van der Waals surface area contributed by atoms with E-state index in [2.05, 4.69) is 15.6 Å². The number of aryl methyl sites for hydroxylation is 1. The highest BCUT2D eigenvalue weighted by atomic mass is 19.1. The van der Waals surface area contributed by atoms with Crippen molar-refractivity contribution in [2.75, 3.05) is 13.1 Å². The average Bonchev–Trinajstić information content (AvgIpc) is 3.19. The lowest BCUT2D eigenvalue weighted by molar-refractivity contribution is -0.122. The maximum Gasteiger partial charge on any atom is 0.224 e. The Balaban J connectivity index is 1.32. The van der Waals surface area contributed by atoms with Gasteiger partial charge < -0.3 is 15.1 Å². The summed E-state index contributed by atoms with van der Waals surface area (Å²) in [6.45, 7) is 0.617. The first-order valence-electron chi connectivity index (χ1n) is 9.38. The van der Waals surface area contributed by atoms with Gasteiger partial charge >= 0.3 is 0 Å². The topological polar surface area (TPSA) is 84.2 Å². The number of nitrogens with zero attached hydrogens (tertiary/aromatic N) is 1. The Labute approximate surface area is 168 Å². The summed E-state index contributed by atoms with van der Waals surface area (Å²) in [5.41, 5.74) is 1.54. The molecule has 6 nitrogen and oxygen atoms in total. The van der Waals surface area contributed by atoms with Gasteiger partial charge in [0.1, 0.15) is 5.82 Å². The third-order valence-electron chi connectivity index (χ3n) is 4.20. The molecule has 29 heavy (non-hydrogen) atoms. The van der Waals surface area contributed by atoms with Gasteiger partial charge in [-0.25, -0.2) is 9.37 Å².